The summed E-state index contributed by atoms with van der Waals surface area (Å²) < 4.78 is 5.88. The standard InChI is InChI=1S/C22H19ClN2O4/c1-13-17(21(27)25(9-4-10-26)22(28)18(13)12-24)11-15-7-8-20(29-15)16-5-3-6-19(23)14(16)2/h3,5-8,11,26H,4,9-10H2,1-2H3/b17-11+. The molecule has 1 N–H and O–H groups in total. The minimum Gasteiger partial charge on any atom is -0.457 e. The predicted octanol–water partition coefficient (Wildman–Crippen LogP) is 3.88. The van der Waals surface area contributed by atoms with Crippen LogP contribution in [0.2, 0.25) is 5.02 Å². The molecule has 0 radical (unpaired) electrons. The SMILES string of the molecule is CC1=C(C#N)C(=O)N(CCCO)C(=O)/C1=C/c1ccc(-c2cccc(Cl)c2C)o1. The molecular weight excluding hydrogens is 392 g/mol. The number of nitrogens with zero attached hydrogens (tertiary/aromatic N) is 2. The molecule has 3 rings (SSSR count). The van der Waals surface area contributed by atoms with Crippen LogP contribution in [-0.4, -0.2) is 35.0 Å². The summed E-state index contributed by atoms with van der Waals surface area (Å²) in [6.07, 6.45) is 1.76. The Hall–Kier alpha value is -3.14. The van der Waals surface area contributed by atoms with Crippen molar-refractivity contribution in [2.45, 2.75) is 20.3 Å². The first-order valence-corrected chi connectivity index (χ1v) is 9.42. The number of carbonyl (C=O) groups excluding carboxylic acids is 2. The van der Waals surface area contributed by atoms with Gasteiger partial charge < -0.3 is 9.52 Å². The van der Waals surface area contributed by atoms with E-state index in [0.29, 0.717) is 22.1 Å². The van der Waals surface area contributed by atoms with Crippen LogP contribution in [0, 0.1) is 18.3 Å². The number of benzene rings is 1. The Morgan fingerprint density at radius 1 is 1.21 bits per heavy atom. The van der Waals surface area contributed by atoms with Crippen LogP contribution in [-0.2, 0) is 9.59 Å². The lowest BCUT2D eigenvalue weighted by Gasteiger charge is -2.27. The molecule has 0 atom stereocenters. The Kier molecular flexibility index (Phi) is 6.02. The number of amides is 2. The highest BCUT2D eigenvalue weighted by molar-refractivity contribution is 6.31. The summed E-state index contributed by atoms with van der Waals surface area (Å²) in [6, 6.07) is 10.9. The van der Waals surface area contributed by atoms with Gasteiger partial charge in [0, 0.05) is 29.3 Å². The maximum Gasteiger partial charge on any atom is 0.271 e. The van der Waals surface area contributed by atoms with Gasteiger partial charge >= 0.3 is 0 Å². The summed E-state index contributed by atoms with van der Waals surface area (Å²) in [4.78, 5) is 26.3. The molecule has 1 aromatic heterocycles. The molecule has 0 aliphatic carbocycles. The second-order valence-corrected chi connectivity index (χ2v) is 7.03. The Bertz CT molecular complexity index is 1090. The lowest BCUT2D eigenvalue weighted by Crippen LogP contribution is -2.43. The van der Waals surface area contributed by atoms with Crippen LogP contribution in [0.15, 0.2) is 51.5 Å². The topological polar surface area (TPSA) is 94.5 Å². The lowest BCUT2D eigenvalue weighted by atomic mass is 9.94. The number of aliphatic hydroxyl groups is 1. The molecule has 29 heavy (non-hydrogen) atoms. The quantitative estimate of drug-likeness (QED) is 0.596. The summed E-state index contributed by atoms with van der Waals surface area (Å²) in [5.74, 6) is -0.154. The van der Waals surface area contributed by atoms with Crippen molar-refractivity contribution in [1.82, 2.24) is 4.90 Å². The largest absolute Gasteiger partial charge is 0.457 e. The summed E-state index contributed by atoms with van der Waals surface area (Å²) in [5.41, 5.74) is 2.13. The predicted molar refractivity (Wildman–Crippen MR) is 109 cm³/mol. The lowest BCUT2D eigenvalue weighted by molar-refractivity contribution is -0.140. The number of aliphatic hydroxyl groups excluding tert-OH is 1. The Morgan fingerprint density at radius 2 is 1.97 bits per heavy atom. The molecule has 148 valence electrons. The van der Waals surface area contributed by atoms with Crippen molar-refractivity contribution in [3.63, 3.8) is 0 Å². The molecule has 1 aliphatic rings. The van der Waals surface area contributed by atoms with Gasteiger partial charge in [-0.15, -0.1) is 0 Å². The van der Waals surface area contributed by atoms with Gasteiger partial charge in [0.25, 0.3) is 11.8 Å². The zero-order chi connectivity index (χ0) is 21.1. The average Bonchev–Trinajstić information content (AvgIpc) is 3.16. The first-order valence-electron chi connectivity index (χ1n) is 9.04. The van der Waals surface area contributed by atoms with E-state index in [-0.39, 0.29) is 30.7 Å². The van der Waals surface area contributed by atoms with Crippen molar-refractivity contribution < 1.29 is 19.1 Å². The van der Waals surface area contributed by atoms with Gasteiger partial charge in [-0.1, -0.05) is 23.7 Å². The van der Waals surface area contributed by atoms with E-state index in [4.69, 9.17) is 21.1 Å². The molecule has 0 fully saturated rings. The molecule has 2 amide bonds. The molecule has 1 aliphatic heterocycles. The van der Waals surface area contributed by atoms with E-state index < -0.39 is 11.8 Å². The molecule has 0 unspecified atom stereocenters. The van der Waals surface area contributed by atoms with Gasteiger partial charge in [-0.25, -0.2) is 0 Å². The third-order valence-corrected chi connectivity index (χ3v) is 5.22. The molecule has 0 bridgehead atoms. The minimum absolute atomic E-state index is 0.0368. The number of imide groups is 1. The second-order valence-electron chi connectivity index (χ2n) is 6.62. The van der Waals surface area contributed by atoms with E-state index in [1.165, 1.54) is 6.08 Å². The van der Waals surface area contributed by atoms with Crippen molar-refractivity contribution >= 4 is 29.5 Å². The average molecular weight is 411 g/mol. The number of carbonyl (C=O) groups is 2. The highest BCUT2D eigenvalue weighted by Gasteiger charge is 2.35. The molecule has 0 saturated heterocycles. The third kappa shape index (κ3) is 3.88. The van der Waals surface area contributed by atoms with Crippen LogP contribution >= 0.6 is 11.6 Å². The Labute approximate surface area is 173 Å². The molecule has 2 aromatic rings. The second kappa shape index (κ2) is 8.48. The van der Waals surface area contributed by atoms with Crippen molar-refractivity contribution in [3.05, 3.63) is 63.4 Å². The van der Waals surface area contributed by atoms with Crippen molar-refractivity contribution in [2.24, 2.45) is 0 Å². The van der Waals surface area contributed by atoms with E-state index >= 15 is 0 Å². The van der Waals surface area contributed by atoms with Gasteiger partial charge in [0.05, 0.1) is 0 Å². The van der Waals surface area contributed by atoms with Crippen LogP contribution in [0.25, 0.3) is 17.4 Å². The highest BCUT2D eigenvalue weighted by Crippen LogP contribution is 2.32. The first kappa shape index (κ1) is 20.6. The van der Waals surface area contributed by atoms with Crippen LogP contribution in [0.1, 0.15) is 24.7 Å². The molecule has 1 aromatic carbocycles. The monoisotopic (exact) mass is 410 g/mol. The van der Waals surface area contributed by atoms with Gasteiger partial charge in [0.1, 0.15) is 23.2 Å². The number of halogens is 1. The number of furan rings is 1. The normalized spacial score (nSPS) is 16.0. The van der Waals surface area contributed by atoms with Gasteiger partial charge in [0.15, 0.2) is 0 Å². The number of hydrogen-bond donors (Lipinski definition) is 1. The van der Waals surface area contributed by atoms with Crippen LogP contribution in [0.5, 0.6) is 0 Å². The Morgan fingerprint density at radius 3 is 2.66 bits per heavy atom. The molecule has 6 nitrogen and oxygen atoms in total. The zero-order valence-corrected chi connectivity index (χ0v) is 16.8. The molecule has 7 heteroatoms. The van der Waals surface area contributed by atoms with E-state index in [1.54, 1.807) is 25.1 Å². The summed E-state index contributed by atoms with van der Waals surface area (Å²) in [5, 5.41) is 19.0. The molecule has 2 heterocycles. The van der Waals surface area contributed by atoms with E-state index in [9.17, 15) is 14.9 Å². The van der Waals surface area contributed by atoms with Gasteiger partial charge in [-0.3, -0.25) is 14.5 Å². The van der Waals surface area contributed by atoms with Gasteiger partial charge in [0.2, 0.25) is 0 Å². The van der Waals surface area contributed by atoms with Gasteiger partial charge in [-0.2, -0.15) is 5.26 Å². The van der Waals surface area contributed by atoms with Crippen molar-refractivity contribution in [2.75, 3.05) is 13.2 Å². The number of nitriles is 1. The smallest absolute Gasteiger partial charge is 0.271 e. The molecular formula is C22H19ClN2O4. The number of rotatable bonds is 5. The van der Waals surface area contributed by atoms with Crippen molar-refractivity contribution in [1.29, 1.82) is 5.26 Å². The van der Waals surface area contributed by atoms with Crippen LogP contribution in [0.4, 0.5) is 0 Å². The van der Waals surface area contributed by atoms with E-state index in [2.05, 4.69) is 0 Å². The zero-order valence-electron chi connectivity index (χ0n) is 16.0. The molecule has 0 spiro atoms. The third-order valence-electron chi connectivity index (χ3n) is 4.81. The maximum absolute atomic E-state index is 12.8. The fourth-order valence-electron chi connectivity index (χ4n) is 3.15. The summed E-state index contributed by atoms with van der Waals surface area (Å²) in [6.45, 7) is 3.32. The van der Waals surface area contributed by atoms with Crippen molar-refractivity contribution in [3.8, 4) is 17.4 Å². The Balaban J connectivity index is 2.03. The summed E-state index contributed by atoms with van der Waals surface area (Å²) in [7, 11) is 0. The maximum atomic E-state index is 12.8. The van der Waals surface area contributed by atoms with Crippen LogP contribution in [0.3, 0.4) is 0 Å². The van der Waals surface area contributed by atoms with Gasteiger partial charge in [-0.05, 0) is 55.7 Å². The van der Waals surface area contributed by atoms with E-state index in [0.717, 1.165) is 16.0 Å². The van der Waals surface area contributed by atoms with E-state index in [1.807, 2.05) is 25.1 Å². The first-order chi connectivity index (χ1) is 13.9. The van der Waals surface area contributed by atoms with Crippen LogP contribution < -0.4 is 0 Å². The fourth-order valence-corrected chi connectivity index (χ4v) is 3.33. The fraction of sp³-hybridized carbons (Fsp3) is 0.227. The minimum atomic E-state index is -0.643. The number of hydrogen-bond acceptors (Lipinski definition) is 5. The molecule has 0 saturated carbocycles. The summed E-state index contributed by atoms with van der Waals surface area (Å²) >= 11 is 6.18. The highest BCUT2D eigenvalue weighted by atomic mass is 35.5.